The van der Waals surface area contributed by atoms with Crippen LogP contribution in [0.4, 0.5) is 11.4 Å². The van der Waals surface area contributed by atoms with E-state index in [0.717, 1.165) is 5.39 Å². The third-order valence-corrected chi connectivity index (χ3v) is 5.21. The van der Waals surface area contributed by atoms with Gasteiger partial charge in [0.25, 0.3) is 0 Å². The van der Waals surface area contributed by atoms with Crippen LogP contribution in [-0.4, -0.2) is 45.5 Å². The molecule has 0 fully saturated rings. The molecule has 4 rings (SSSR count). The minimum atomic E-state index is 0.359. The normalized spacial score (nSPS) is 10.5. The molecule has 1 N–H and O–H groups in total. The molecule has 0 aliphatic rings. The van der Waals surface area contributed by atoms with Crippen LogP contribution < -0.4 is 29.0 Å². The third-order valence-electron chi connectivity index (χ3n) is 5.21. The van der Waals surface area contributed by atoms with E-state index in [2.05, 4.69) is 21.4 Å². The second-order valence-electron chi connectivity index (χ2n) is 6.96. The van der Waals surface area contributed by atoms with Gasteiger partial charge in [-0.2, -0.15) is 5.26 Å². The largest absolute Gasteiger partial charge is 0.493 e. The van der Waals surface area contributed by atoms with E-state index < -0.39 is 0 Å². The lowest BCUT2D eigenvalue weighted by Gasteiger charge is -2.17. The highest BCUT2D eigenvalue weighted by atomic mass is 16.5. The van der Waals surface area contributed by atoms with Gasteiger partial charge < -0.3 is 29.0 Å². The maximum Gasteiger partial charge on any atom is 0.203 e. The first-order valence-electron chi connectivity index (χ1n) is 9.89. The molecule has 0 aliphatic carbocycles. The lowest BCUT2D eigenvalue weighted by molar-refractivity contribution is 0.324. The van der Waals surface area contributed by atoms with E-state index >= 15 is 0 Å². The van der Waals surface area contributed by atoms with Crippen LogP contribution in [0, 0.1) is 11.3 Å². The Hall–Kier alpha value is -4.45. The van der Waals surface area contributed by atoms with E-state index in [1.165, 1.54) is 13.3 Å². The summed E-state index contributed by atoms with van der Waals surface area (Å²) in [7, 11) is 7.77. The number of fused-ring (bicyclic) bond motifs is 2. The topological polar surface area (TPSA) is 108 Å². The van der Waals surface area contributed by atoms with Gasteiger partial charge in [-0.25, -0.2) is 9.97 Å². The van der Waals surface area contributed by atoms with Gasteiger partial charge in [0.1, 0.15) is 6.07 Å². The van der Waals surface area contributed by atoms with Crippen LogP contribution in [0.3, 0.4) is 0 Å². The molecule has 0 saturated heterocycles. The van der Waals surface area contributed by atoms with Crippen molar-refractivity contribution in [3.63, 3.8) is 0 Å². The molecular weight excluding hydrogens is 424 g/mol. The fourth-order valence-corrected chi connectivity index (χ4v) is 3.63. The number of hydrogen-bond acceptors (Lipinski definition) is 9. The molecule has 0 aliphatic heterocycles. The summed E-state index contributed by atoms with van der Waals surface area (Å²) < 4.78 is 27.1. The number of pyridine rings is 2. The first-order chi connectivity index (χ1) is 16.1. The van der Waals surface area contributed by atoms with Crippen LogP contribution in [0.1, 0.15) is 5.56 Å². The average molecular weight is 446 g/mol. The van der Waals surface area contributed by atoms with Gasteiger partial charge in [-0.05, 0) is 12.1 Å². The number of hydrogen-bond donors (Lipinski definition) is 1. The van der Waals surface area contributed by atoms with Crippen LogP contribution in [0.25, 0.3) is 21.9 Å². The van der Waals surface area contributed by atoms with E-state index in [1.54, 1.807) is 46.6 Å². The molecule has 2 aromatic carbocycles. The molecule has 33 heavy (non-hydrogen) atoms. The summed E-state index contributed by atoms with van der Waals surface area (Å²) in [6.45, 7) is 0. The molecule has 0 saturated carbocycles. The van der Waals surface area contributed by atoms with E-state index in [1.807, 2.05) is 12.1 Å². The van der Waals surface area contributed by atoms with E-state index in [0.29, 0.717) is 62.2 Å². The number of anilines is 2. The first kappa shape index (κ1) is 21.8. The molecule has 0 spiro atoms. The van der Waals surface area contributed by atoms with Crippen molar-refractivity contribution in [3.8, 4) is 34.8 Å². The number of aromatic nitrogens is 2. The summed E-state index contributed by atoms with van der Waals surface area (Å²) in [6.07, 6.45) is 1.49. The Morgan fingerprint density at radius 1 is 0.788 bits per heavy atom. The summed E-state index contributed by atoms with van der Waals surface area (Å²) in [5.41, 5.74) is 2.72. The van der Waals surface area contributed by atoms with Crippen molar-refractivity contribution in [3.05, 3.63) is 42.1 Å². The number of methoxy groups -OCH3 is 5. The maximum absolute atomic E-state index is 9.75. The highest BCUT2D eigenvalue weighted by molar-refractivity contribution is 6.01. The smallest absolute Gasteiger partial charge is 0.203 e. The Bertz CT molecular complexity index is 1370. The fourth-order valence-electron chi connectivity index (χ4n) is 3.63. The Morgan fingerprint density at radius 3 is 2.00 bits per heavy atom. The van der Waals surface area contributed by atoms with Crippen LogP contribution in [0.5, 0.6) is 28.7 Å². The Kier molecular flexibility index (Phi) is 5.91. The lowest BCUT2D eigenvalue weighted by Crippen LogP contribution is -2.01. The van der Waals surface area contributed by atoms with Crippen molar-refractivity contribution >= 4 is 33.3 Å². The summed E-state index contributed by atoms with van der Waals surface area (Å²) in [5, 5.41) is 14.5. The van der Waals surface area contributed by atoms with Gasteiger partial charge in [0.15, 0.2) is 28.6 Å². The molecule has 0 unspecified atom stereocenters. The van der Waals surface area contributed by atoms with Gasteiger partial charge >= 0.3 is 0 Å². The van der Waals surface area contributed by atoms with Gasteiger partial charge in [-0.15, -0.1) is 0 Å². The van der Waals surface area contributed by atoms with Crippen LogP contribution in [0.2, 0.25) is 0 Å². The fraction of sp³-hybridized carbons (Fsp3) is 0.208. The maximum atomic E-state index is 9.75. The summed E-state index contributed by atoms with van der Waals surface area (Å²) in [6, 6.07) is 11.3. The van der Waals surface area contributed by atoms with E-state index in [4.69, 9.17) is 23.7 Å². The van der Waals surface area contributed by atoms with Crippen molar-refractivity contribution in [2.75, 3.05) is 40.9 Å². The monoisotopic (exact) mass is 446 g/mol. The minimum Gasteiger partial charge on any atom is -0.493 e. The quantitative estimate of drug-likeness (QED) is 0.412. The van der Waals surface area contributed by atoms with Crippen molar-refractivity contribution in [2.45, 2.75) is 0 Å². The standard InChI is InChI=1S/C24H22N4O5/c1-29-18-7-13-6-16-22(27-15-8-20(31-3)23(33-5)21(9-15)32-4)14(11-25)12-26-24(16)28-17(13)10-19(18)30-2/h6-10,12H,1-5H3,(H,26,27,28). The zero-order valence-corrected chi connectivity index (χ0v) is 18.8. The third kappa shape index (κ3) is 3.83. The SMILES string of the molecule is COc1cc2cc3c(Nc4cc(OC)c(OC)c(OC)c4)c(C#N)cnc3nc2cc1OC. The predicted octanol–water partition coefficient (Wildman–Crippen LogP) is 4.44. The highest BCUT2D eigenvalue weighted by Crippen LogP contribution is 2.42. The summed E-state index contributed by atoms with van der Waals surface area (Å²) in [5.74, 6) is 2.59. The van der Waals surface area contributed by atoms with Gasteiger partial charge in [0.05, 0.1) is 52.3 Å². The molecule has 0 atom stereocenters. The summed E-state index contributed by atoms with van der Waals surface area (Å²) >= 11 is 0. The number of nitrogens with one attached hydrogen (secondary N) is 1. The van der Waals surface area contributed by atoms with Crippen LogP contribution in [0.15, 0.2) is 36.5 Å². The average Bonchev–Trinajstić information content (AvgIpc) is 2.86. The first-order valence-corrected chi connectivity index (χ1v) is 9.89. The highest BCUT2D eigenvalue weighted by Gasteiger charge is 2.17. The molecule has 0 bridgehead atoms. The second-order valence-corrected chi connectivity index (χ2v) is 6.96. The number of benzene rings is 2. The molecule has 0 amide bonds. The molecule has 2 aromatic heterocycles. The summed E-state index contributed by atoms with van der Waals surface area (Å²) in [4.78, 5) is 9.05. The predicted molar refractivity (Wildman–Crippen MR) is 124 cm³/mol. The van der Waals surface area contributed by atoms with Crippen molar-refractivity contribution in [1.29, 1.82) is 5.26 Å². The van der Waals surface area contributed by atoms with Crippen LogP contribution >= 0.6 is 0 Å². The van der Waals surface area contributed by atoms with Crippen LogP contribution in [-0.2, 0) is 0 Å². The zero-order valence-electron chi connectivity index (χ0n) is 18.8. The molecular formula is C24H22N4O5. The van der Waals surface area contributed by atoms with Crippen molar-refractivity contribution in [2.24, 2.45) is 0 Å². The van der Waals surface area contributed by atoms with Gasteiger partial charge in [-0.3, -0.25) is 0 Å². The van der Waals surface area contributed by atoms with Gasteiger partial charge in [0.2, 0.25) is 5.75 Å². The second kappa shape index (κ2) is 8.96. The van der Waals surface area contributed by atoms with Gasteiger partial charge in [0, 0.05) is 40.9 Å². The van der Waals surface area contributed by atoms with Crippen molar-refractivity contribution in [1.82, 2.24) is 9.97 Å². The Labute approximate surface area is 190 Å². The minimum absolute atomic E-state index is 0.359. The molecule has 168 valence electrons. The zero-order chi connectivity index (χ0) is 23.5. The molecule has 4 aromatic rings. The molecule has 0 radical (unpaired) electrons. The molecule has 9 nitrogen and oxygen atoms in total. The van der Waals surface area contributed by atoms with Gasteiger partial charge in [-0.1, -0.05) is 0 Å². The number of nitrogens with zero attached hydrogens (tertiary/aromatic N) is 3. The molecule has 2 heterocycles. The number of nitriles is 1. The van der Waals surface area contributed by atoms with E-state index in [9.17, 15) is 5.26 Å². The number of ether oxygens (including phenoxy) is 5. The number of rotatable bonds is 7. The van der Waals surface area contributed by atoms with Crippen molar-refractivity contribution < 1.29 is 23.7 Å². The Balaban J connectivity index is 1.93. The lowest BCUT2D eigenvalue weighted by atomic mass is 10.1. The Morgan fingerprint density at radius 2 is 1.42 bits per heavy atom. The van der Waals surface area contributed by atoms with E-state index in [-0.39, 0.29) is 0 Å². The molecule has 9 heteroatoms.